The second kappa shape index (κ2) is 7.77. The van der Waals surface area contributed by atoms with Gasteiger partial charge in [0, 0.05) is 37.1 Å². The molecule has 1 aliphatic heterocycles. The average Bonchev–Trinajstić information content (AvgIpc) is 2.52. The van der Waals surface area contributed by atoms with Crippen molar-refractivity contribution in [3.8, 4) is 0 Å². The van der Waals surface area contributed by atoms with Crippen LogP contribution in [-0.4, -0.2) is 52.2 Å². The quantitative estimate of drug-likeness (QED) is 0.763. The van der Waals surface area contributed by atoms with Crippen LogP contribution in [0.15, 0.2) is 6.20 Å². The highest BCUT2D eigenvalue weighted by atomic mass is 35.5. The molecule has 1 aromatic heterocycles. The lowest BCUT2D eigenvalue weighted by Gasteiger charge is -2.43. The number of nitrogens with zero attached hydrogens (tertiary/aromatic N) is 4. The molecule has 1 amide bonds. The number of amides is 1. The van der Waals surface area contributed by atoms with Gasteiger partial charge in [0.25, 0.3) is 0 Å². The molecule has 1 fully saturated rings. The molecule has 7 heteroatoms. The minimum absolute atomic E-state index is 0.141. The Morgan fingerprint density at radius 1 is 1.40 bits per heavy atom. The standard InChI is InChI=1S/C18H29ClN4O2/c1-12(2)15-11-22(17(24)25-18(4,5)6)7-8-23(15)16-20-10-14(9-19)13(3)21-16/h10,12,15H,7-9,11H2,1-6H3/t15-/m0/s1. The van der Waals surface area contributed by atoms with E-state index in [1.165, 1.54) is 0 Å². The van der Waals surface area contributed by atoms with Gasteiger partial charge in [-0.25, -0.2) is 14.8 Å². The van der Waals surface area contributed by atoms with Gasteiger partial charge in [0.15, 0.2) is 0 Å². The lowest BCUT2D eigenvalue weighted by atomic mass is 10.00. The number of rotatable bonds is 3. The number of carbonyl (C=O) groups excluding carboxylic acids is 1. The Morgan fingerprint density at radius 2 is 2.08 bits per heavy atom. The Bertz CT molecular complexity index is 616. The molecule has 0 aliphatic carbocycles. The monoisotopic (exact) mass is 368 g/mol. The fourth-order valence-corrected chi connectivity index (χ4v) is 3.13. The minimum atomic E-state index is -0.487. The number of alkyl halides is 1. The average molecular weight is 369 g/mol. The molecule has 0 N–H and O–H groups in total. The van der Waals surface area contributed by atoms with Gasteiger partial charge in [-0.05, 0) is 33.6 Å². The number of anilines is 1. The van der Waals surface area contributed by atoms with Crippen molar-refractivity contribution in [2.45, 2.75) is 59.1 Å². The van der Waals surface area contributed by atoms with Crippen LogP contribution in [0, 0.1) is 12.8 Å². The summed E-state index contributed by atoms with van der Waals surface area (Å²) in [5.74, 6) is 1.46. The summed E-state index contributed by atoms with van der Waals surface area (Å²) in [4.78, 5) is 25.5. The summed E-state index contributed by atoms with van der Waals surface area (Å²) in [5.41, 5.74) is 1.36. The van der Waals surface area contributed by atoms with E-state index in [1.807, 2.05) is 27.7 Å². The van der Waals surface area contributed by atoms with Gasteiger partial charge in [-0.1, -0.05) is 13.8 Å². The highest BCUT2D eigenvalue weighted by Gasteiger charge is 2.34. The molecular weight excluding hydrogens is 340 g/mol. The van der Waals surface area contributed by atoms with E-state index in [1.54, 1.807) is 11.1 Å². The second-order valence-electron chi connectivity index (χ2n) is 7.85. The van der Waals surface area contributed by atoms with Gasteiger partial charge in [0.1, 0.15) is 5.60 Å². The Balaban J connectivity index is 2.17. The zero-order valence-electron chi connectivity index (χ0n) is 16.0. The van der Waals surface area contributed by atoms with Crippen LogP contribution in [0.3, 0.4) is 0 Å². The summed E-state index contributed by atoms with van der Waals surface area (Å²) < 4.78 is 5.52. The molecule has 140 valence electrons. The number of hydrogen-bond donors (Lipinski definition) is 0. The third-order valence-electron chi connectivity index (χ3n) is 4.31. The van der Waals surface area contributed by atoms with Crippen molar-refractivity contribution in [3.05, 3.63) is 17.5 Å². The van der Waals surface area contributed by atoms with Crippen LogP contribution in [0.2, 0.25) is 0 Å². The maximum Gasteiger partial charge on any atom is 0.410 e. The second-order valence-corrected chi connectivity index (χ2v) is 8.11. The van der Waals surface area contributed by atoms with Crippen LogP contribution in [-0.2, 0) is 10.6 Å². The van der Waals surface area contributed by atoms with E-state index in [0.29, 0.717) is 37.4 Å². The van der Waals surface area contributed by atoms with Crippen molar-refractivity contribution < 1.29 is 9.53 Å². The van der Waals surface area contributed by atoms with Crippen LogP contribution >= 0.6 is 11.6 Å². The molecule has 2 heterocycles. The Labute approximate surface area is 155 Å². The topological polar surface area (TPSA) is 58.6 Å². The maximum absolute atomic E-state index is 12.4. The molecule has 0 saturated carbocycles. The lowest BCUT2D eigenvalue weighted by molar-refractivity contribution is 0.0201. The van der Waals surface area contributed by atoms with Gasteiger partial charge in [0.05, 0.1) is 11.9 Å². The van der Waals surface area contributed by atoms with Gasteiger partial charge in [0.2, 0.25) is 5.95 Å². The van der Waals surface area contributed by atoms with Gasteiger partial charge in [-0.3, -0.25) is 0 Å². The van der Waals surface area contributed by atoms with Crippen molar-refractivity contribution >= 4 is 23.6 Å². The summed E-state index contributed by atoms with van der Waals surface area (Å²) in [7, 11) is 0. The van der Waals surface area contributed by atoms with Crippen molar-refractivity contribution in [3.63, 3.8) is 0 Å². The van der Waals surface area contributed by atoms with E-state index >= 15 is 0 Å². The molecule has 0 aromatic carbocycles. The predicted octanol–water partition coefficient (Wildman–Crippen LogP) is 3.61. The Morgan fingerprint density at radius 3 is 2.60 bits per heavy atom. The van der Waals surface area contributed by atoms with Crippen LogP contribution < -0.4 is 4.90 Å². The smallest absolute Gasteiger partial charge is 0.410 e. The number of piperazine rings is 1. The predicted molar refractivity (Wildman–Crippen MR) is 100 cm³/mol. The SMILES string of the molecule is Cc1nc(N2CCN(C(=O)OC(C)(C)C)C[C@H]2C(C)C)ncc1CCl. The first-order valence-corrected chi connectivity index (χ1v) is 9.29. The normalized spacial score (nSPS) is 18.6. The third kappa shape index (κ3) is 4.97. The lowest BCUT2D eigenvalue weighted by Crippen LogP contribution is -2.58. The molecule has 0 unspecified atom stereocenters. The molecule has 1 aliphatic rings. The molecule has 0 spiro atoms. The first-order chi connectivity index (χ1) is 11.6. The van der Waals surface area contributed by atoms with Gasteiger partial charge >= 0.3 is 6.09 Å². The van der Waals surface area contributed by atoms with E-state index in [0.717, 1.165) is 11.3 Å². The molecule has 1 aromatic rings. The Hall–Kier alpha value is -1.56. The molecule has 6 nitrogen and oxygen atoms in total. The van der Waals surface area contributed by atoms with E-state index in [9.17, 15) is 4.79 Å². The molecular formula is C18H29ClN4O2. The highest BCUT2D eigenvalue weighted by Crippen LogP contribution is 2.24. The maximum atomic E-state index is 12.4. The first kappa shape index (κ1) is 19.8. The summed E-state index contributed by atoms with van der Waals surface area (Å²) in [6.45, 7) is 13.8. The highest BCUT2D eigenvalue weighted by molar-refractivity contribution is 6.17. The number of aryl methyl sites for hydroxylation is 1. The zero-order chi connectivity index (χ0) is 18.8. The number of hydrogen-bond acceptors (Lipinski definition) is 5. The van der Waals surface area contributed by atoms with Crippen molar-refractivity contribution in [1.82, 2.24) is 14.9 Å². The summed E-state index contributed by atoms with van der Waals surface area (Å²) in [5, 5.41) is 0. The Kier molecular flexibility index (Phi) is 6.14. The van der Waals surface area contributed by atoms with E-state index in [4.69, 9.17) is 16.3 Å². The molecule has 1 atom stereocenters. The van der Waals surface area contributed by atoms with Crippen molar-refractivity contribution in [1.29, 1.82) is 0 Å². The zero-order valence-corrected chi connectivity index (χ0v) is 16.8. The van der Waals surface area contributed by atoms with Crippen LogP contribution in [0.4, 0.5) is 10.7 Å². The molecule has 25 heavy (non-hydrogen) atoms. The molecule has 0 radical (unpaired) electrons. The largest absolute Gasteiger partial charge is 0.444 e. The molecule has 2 rings (SSSR count). The fourth-order valence-electron chi connectivity index (χ4n) is 2.87. The van der Waals surface area contributed by atoms with Crippen LogP contribution in [0.5, 0.6) is 0 Å². The number of aromatic nitrogens is 2. The van der Waals surface area contributed by atoms with E-state index in [2.05, 4.69) is 28.7 Å². The molecule has 0 bridgehead atoms. The third-order valence-corrected chi connectivity index (χ3v) is 4.60. The number of halogens is 1. The van der Waals surface area contributed by atoms with E-state index < -0.39 is 5.60 Å². The molecule has 1 saturated heterocycles. The van der Waals surface area contributed by atoms with Crippen molar-refractivity contribution in [2.24, 2.45) is 5.92 Å². The number of carbonyl (C=O) groups is 1. The summed E-state index contributed by atoms with van der Waals surface area (Å²) in [6, 6.07) is 0.141. The first-order valence-electron chi connectivity index (χ1n) is 8.75. The fraction of sp³-hybridized carbons (Fsp3) is 0.722. The summed E-state index contributed by atoms with van der Waals surface area (Å²) >= 11 is 5.90. The minimum Gasteiger partial charge on any atom is -0.444 e. The summed E-state index contributed by atoms with van der Waals surface area (Å²) in [6.07, 6.45) is 1.54. The van der Waals surface area contributed by atoms with Crippen LogP contribution in [0.25, 0.3) is 0 Å². The van der Waals surface area contributed by atoms with E-state index in [-0.39, 0.29) is 12.1 Å². The van der Waals surface area contributed by atoms with Gasteiger partial charge < -0.3 is 14.5 Å². The van der Waals surface area contributed by atoms with Gasteiger partial charge in [-0.15, -0.1) is 11.6 Å². The number of ether oxygens (including phenoxy) is 1. The van der Waals surface area contributed by atoms with Crippen LogP contribution in [0.1, 0.15) is 45.9 Å². The van der Waals surface area contributed by atoms with Gasteiger partial charge in [-0.2, -0.15) is 0 Å². The van der Waals surface area contributed by atoms with Crippen molar-refractivity contribution in [2.75, 3.05) is 24.5 Å².